The minimum Gasteiger partial charge on any atom is -0.465 e. The van der Waals surface area contributed by atoms with E-state index in [9.17, 15) is 4.79 Å². The molecule has 0 fully saturated rings. The zero-order valence-electron chi connectivity index (χ0n) is 13.2. The van der Waals surface area contributed by atoms with Gasteiger partial charge >= 0.3 is 5.97 Å². The number of allylic oxidation sites excluding steroid dienone is 2. The Labute approximate surface area is 135 Å². The number of esters is 1. The summed E-state index contributed by atoms with van der Waals surface area (Å²) in [6.07, 6.45) is 7.79. The lowest BCUT2D eigenvalue weighted by atomic mass is 10.0. The maximum atomic E-state index is 11.9. The fourth-order valence-corrected chi connectivity index (χ4v) is 3.65. The van der Waals surface area contributed by atoms with E-state index in [0.717, 1.165) is 24.8 Å². The highest BCUT2D eigenvalue weighted by Crippen LogP contribution is 2.36. The highest BCUT2D eigenvalue weighted by molar-refractivity contribution is 6.09. The maximum absolute atomic E-state index is 11.9. The van der Waals surface area contributed by atoms with Gasteiger partial charge in [-0.2, -0.15) is 0 Å². The second-order valence-electron chi connectivity index (χ2n) is 6.05. The van der Waals surface area contributed by atoms with Crippen LogP contribution in [0.4, 0.5) is 0 Å². The summed E-state index contributed by atoms with van der Waals surface area (Å²) in [5.74, 6) is -0.285. The van der Waals surface area contributed by atoms with Crippen molar-refractivity contribution in [3.05, 3.63) is 60.2 Å². The molecule has 2 aromatic carbocycles. The van der Waals surface area contributed by atoms with Crippen molar-refractivity contribution >= 4 is 27.8 Å². The molecule has 1 unspecified atom stereocenters. The third-order valence-corrected chi connectivity index (χ3v) is 4.74. The number of benzene rings is 2. The summed E-state index contributed by atoms with van der Waals surface area (Å²) in [6.45, 7) is 0. The van der Waals surface area contributed by atoms with Crippen LogP contribution >= 0.6 is 0 Å². The summed E-state index contributed by atoms with van der Waals surface area (Å²) in [5, 5.41) is 2.44. The highest BCUT2D eigenvalue weighted by Gasteiger charge is 2.19. The van der Waals surface area contributed by atoms with E-state index in [-0.39, 0.29) is 5.97 Å². The molecule has 116 valence electrons. The van der Waals surface area contributed by atoms with E-state index < -0.39 is 0 Å². The van der Waals surface area contributed by atoms with Crippen LogP contribution in [0.2, 0.25) is 0 Å². The Bertz CT molecular complexity index is 920. The largest absolute Gasteiger partial charge is 0.465 e. The van der Waals surface area contributed by atoms with Crippen LogP contribution in [0, 0.1) is 0 Å². The number of methoxy groups -OCH3 is 1. The average molecular weight is 305 g/mol. The molecule has 1 aromatic heterocycles. The number of ether oxygens (including phenoxy) is 1. The Kier molecular flexibility index (Phi) is 3.41. The van der Waals surface area contributed by atoms with Gasteiger partial charge in [-0.15, -0.1) is 0 Å². The van der Waals surface area contributed by atoms with Gasteiger partial charge in [0.25, 0.3) is 0 Å². The molecule has 0 saturated heterocycles. The molecule has 3 heteroatoms. The van der Waals surface area contributed by atoms with Crippen LogP contribution in [-0.2, 0) is 4.74 Å². The van der Waals surface area contributed by atoms with E-state index in [4.69, 9.17) is 4.74 Å². The predicted molar refractivity (Wildman–Crippen MR) is 92.8 cm³/mol. The molecule has 0 N–H and O–H groups in total. The van der Waals surface area contributed by atoms with Gasteiger partial charge in [0.1, 0.15) is 0 Å². The van der Waals surface area contributed by atoms with Crippen molar-refractivity contribution in [2.24, 2.45) is 0 Å². The van der Waals surface area contributed by atoms with Gasteiger partial charge in [-0.25, -0.2) is 4.79 Å². The number of para-hydroxylation sites is 1. The summed E-state index contributed by atoms with van der Waals surface area (Å²) < 4.78 is 7.29. The Balaban J connectivity index is 2.02. The summed E-state index contributed by atoms with van der Waals surface area (Å²) in [6, 6.07) is 14.8. The zero-order chi connectivity index (χ0) is 15.8. The van der Waals surface area contributed by atoms with Crippen molar-refractivity contribution in [1.82, 2.24) is 4.57 Å². The second kappa shape index (κ2) is 5.58. The Morgan fingerprint density at radius 1 is 1.09 bits per heavy atom. The zero-order valence-corrected chi connectivity index (χ0v) is 13.2. The molecule has 0 amide bonds. The van der Waals surface area contributed by atoms with Gasteiger partial charge in [0, 0.05) is 22.3 Å². The molecule has 0 bridgehead atoms. The van der Waals surface area contributed by atoms with Crippen LogP contribution < -0.4 is 0 Å². The van der Waals surface area contributed by atoms with Crippen molar-refractivity contribution in [2.45, 2.75) is 25.3 Å². The fraction of sp³-hybridized carbons (Fsp3) is 0.250. The van der Waals surface area contributed by atoms with Crippen molar-refractivity contribution in [3.63, 3.8) is 0 Å². The van der Waals surface area contributed by atoms with Crippen molar-refractivity contribution in [2.75, 3.05) is 7.11 Å². The number of carbonyl (C=O) groups is 1. The molecular formula is C20H19NO2. The van der Waals surface area contributed by atoms with E-state index in [2.05, 4.69) is 41.0 Å². The van der Waals surface area contributed by atoms with Gasteiger partial charge in [-0.3, -0.25) is 0 Å². The first kappa shape index (κ1) is 14.1. The molecule has 0 aliphatic heterocycles. The number of hydrogen-bond acceptors (Lipinski definition) is 2. The summed E-state index contributed by atoms with van der Waals surface area (Å²) in [7, 11) is 1.42. The summed E-state index contributed by atoms with van der Waals surface area (Å²) >= 11 is 0. The van der Waals surface area contributed by atoms with Crippen molar-refractivity contribution in [3.8, 4) is 0 Å². The third kappa shape index (κ3) is 2.24. The van der Waals surface area contributed by atoms with Gasteiger partial charge in [0.15, 0.2) is 0 Å². The number of nitrogens with zero attached hydrogens (tertiary/aromatic N) is 1. The SMILES string of the molecule is COC(=O)c1ccc2c3ccccc3n(C3CC=CCC3)c2c1. The van der Waals surface area contributed by atoms with E-state index in [0.29, 0.717) is 11.6 Å². The molecule has 0 radical (unpaired) electrons. The molecule has 1 aliphatic carbocycles. The maximum Gasteiger partial charge on any atom is 0.337 e. The van der Waals surface area contributed by atoms with Crippen LogP contribution in [0.15, 0.2) is 54.6 Å². The van der Waals surface area contributed by atoms with E-state index >= 15 is 0 Å². The smallest absolute Gasteiger partial charge is 0.337 e. The lowest BCUT2D eigenvalue weighted by Gasteiger charge is -2.22. The van der Waals surface area contributed by atoms with E-state index in [1.54, 1.807) is 0 Å². The van der Waals surface area contributed by atoms with Gasteiger partial charge in [-0.05, 0) is 37.5 Å². The van der Waals surface area contributed by atoms with Gasteiger partial charge in [0.05, 0.1) is 18.2 Å². The minimum absolute atomic E-state index is 0.285. The second-order valence-corrected chi connectivity index (χ2v) is 6.05. The first-order valence-corrected chi connectivity index (χ1v) is 8.05. The fourth-order valence-electron chi connectivity index (χ4n) is 3.65. The molecule has 4 rings (SSSR count). The molecule has 3 nitrogen and oxygen atoms in total. The predicted octanol–water partition coefficient (Wildman–Crippen LogP) is 4.86. The number of hydrogen-bond donors (Lipinski definition) is 0. The molecule has 1 atom stereocenters. The van der Waals surface area contributed by atoms with Crippen LogP contribution in [0.1, 0.15) is 35.7 Å². The highest BCUT2D eigenvalue weighted by atomic mass is 16.5. The molecule has 3 aromatic rings. The Morgan fingerprint density at radius 3 is 2.70 bits per heavy atom. The Hall–Kier alpha value is -2.55. The molecule has 1 heterocycles. The monoisotopic (exact) mass is 305 g/mol. The van der Waals surface area contributed by atoms with Crippen molar-refractivity contribution < 1.29 is 9.53 Å². The number of carbonyl (C=O) groups excluding carboxylic acids is 1. The normalized spacial score (nSPS) is 17.7. The van der Waals surface area contributed by atoms with Gasteiger partial charge in [0.2, 0.25) is 0 Å². The number of rotatable bonds is 2. The number of fused-ring (bicyclic) bond motifs is 3. The molecule has 0 saturated carbocycles. The van der Waals surface area contributed by atoms with E-state index in [1.165, 1.54) is 23.4 Å². The van der Waals surface area contributed by atoms with Crippen LogP contribution in [0.25, 0.3) is 21.8 Å². The minimum atomic E-state index is -0.285. The number of aromatic nitrogens is 1. The first-order chi connectivity index (χ1) is 11.3. The van der Waals surface area contributed by atoms with Crippen molar-refractivity contribution in [1.29, 1.82) is 0 Å². The third-order valence-electron chi connectivity index (χ3n) is 4.74. The van der Waals surface area contributed by atoms with Crippen LogP contribution in [0.3, 0.4) is 0 Å². The lowest BCUT2D eigenvalue weighted by Crippen LogP contribution is -2.10. The lowest BCUT2D eigenvalue weighted by molar-refractivity contribution is 0.0601. The molecular weight excluding hydrogens is 286 g/mol. The average Bonchev–Trinajstić information content (AvgIpc) is 2.95. The molecule has 1 aliphatic rings. The van der Waals surface area contributed by atoms with Gasteiger partial charge in [-0.1, -0.05) is 36.4 Å². The standard InChI is InChI=1S/C20H19NO2/c1-23-20(22)14-11-12-17-16-9-5-6-10-18(16)21(19(17)13-14)15-7-3-2-4-8-15/h2-3,5-6,9-13,15H,4,7-8H2,1H3. The quantitative estimate of drug-likeness (QED) is 0.500. The first-order valence-electron chi connectivity index (χ1n) is 8.05. The molecule has 23 heavy (non-hydrogen) atoms. The van der Waals surface area contributed by atoms with Gasteiger partial charge < -0.3 is 9.30 Å². The van der Waals surface area contributed by atoms with Crippen LogP contribution in [0.5, 0.6) is 0 Å². The summed E-state index contributed by atoms with van der Waals surface area (Å²) in [4.78, 5) is 11.9. The summed E-state index contributed by atoms with van der Waals surface area (Å²) in [5.41, 5.74) is 2.97. The van der Waals surface area contributed by atoms with Crippen LogP contribution in [-0.4, -0.2) is 17.6 Å². The Morgan fingerprint density at radius 2 is 1.91 bits per heavy atom. The van der Waals surface area contributed by atoms with E-state index in [1.807, 2.05) is 18.2 Å². The molecule has 0 spiro atoms. The topological polar surface area (TPSA) is 31.2 Å².